The lowest BCUT2D eigenvalue weighted by Crippen LogP contribution is -2.27. The molecule has 0 fully saturated rings. The Morgan fingerprint density at radius 1 is 0.600 bits per heavy atom. The molecule has 0 N–H and O–H groups in total. The van der Waals surface area contributed by atoms with Gasteiger partial charge in [-0.3, -0.25) is 33.7 Å². The molecule has 0 saturated carbocycles. The maximum absolute atomic E-state index is 14.3. The SMILES string of the molecule is Cc1c(F)cccc1-c1cc2c(n(-c3cccnc3)c1=O)COc1cccnc1-2.Cc1ncc(-n2c3c(cc(-c4cccc(F)c4C#N)c2=O)-c2ncccc2OC3)cn1. The van der Waals surface area contributed by atoms with Crippen LogP contribution in [-0.2, 0) is 13.2 Å². The summed E-state index contributed by atoms with van der Waals surface area (Å²) in [5.74, 6) is 0.741. The number of hydrogen-bond donors (Lipinski definition) is 0. The summed E-state index contributed by atoms with van der Waals surface area (Å²) in [6.07, 6.45) is 9.66. The van der Waals surface area contributed by atoms with Crippen LogP contribution in [0.2, 0.25) is 0 Å². The highest BCUT2D eigenvalue weighted by molar-refractivity contribution is 5.80. The smallest absolute Gasteiger partial charge is 0.263 e. The van der Waals surface area contributed by atoms with Crippen LogP contribution in [0.1, 0.15) is 28.3 Å². The third kappa shape index (κ3) is 6.44. The van der Waals surface area contributed by atoms with Crippen LogP contribution in [0.25, 0.3) is 56.1 Å². The maximum atomic E-state index is 14.3. The van der Waals surface area contributed by atoms with Crippen LogP contribution in [-0.4, -0.2) is 34.1 Å². The van der Waals surface area contributed by atoms with Crippen molar-refractivity contribution in [3.63, 3.8) is 0 Å². The van der Waals surface area contributed by atoms with E-state index in [1.54, 1.807) is 110 Å². The zero-order chi connectivity index (χ0) is 41.5. The topological polar surface area (TPSA) is 151 Å². The molecular weight excluding hydrogens is 767 g/mol. The number of aryl methyl sites for hydroxylation is 1. The van der Waals surface area contributed by atoms with E-state index in [1.807, 2.05) is 18.2 Å². The molecule has 8 aromatic rings. The average Bonchev–Trinajstić information content (AvgIpc) is 3.27. The Morgan fingerprint density at radius 2 is 1.15 bits per heavy atom. The van der Waals surface area contributed by atoms with Crippen molar-refractivity contribution in [3.8, 4) is 73.7 Å². The number of hydrogen-bond acceptors (Lipinski definition) is 10. The summed E-state index contributed by atoms with van der Waals surface area (Å²) in [5.41, 5.74) is 5.85. The van der Waals surface area contributed by atoms with E-state index >= 15 is 0 Å². The molecule has 0 atom stereocenters. The number of fused-ring (bicyclic) bond motifs is 6. The van der Waals surface area contributed by atoms with Crippen molar-refractivity contribution >= 4 is 0 Å². The molecule has 0 radical (unpaired) electrons. The van der Waals surface area contributed by atoms with Crippen molar-refractivity contribution in [2.24, 2.45) is 0 Å². The Kier molecular flexibility index (Phi) is 9.53. The molecule has 0 aliphatic carbocycles. The van der Waals surface area contributed by atoms with E-state index in [9.17, 15) is 23.6 Å². The van der Waals surface area contributed by atoms with Crippen molar-refractivity contribution in [1.82, 2.24) is 34.1 Å². The van der Waals surface area contributed by atoms with Gasteiger partial charge < -0.3 is 9.47 Å². The van der Waals surface area contributed by atoms with Crippen LogP contribution in [0.3, 0.4) is 0 Å². The van der Waals surface area contributed by atoms with Gasteiger partial charge in [-0.2, -0.15) is 5.26 Å². The number of halogens is 2. The summed E-state index contributed by atoms with van der Waals surface area (Å²) in [6.45, 7) is 3.77. The van der Waals surface area contributed by atoms with Gasteiger partial charge in [0.15, 0.2) is 0 Å². The Balaban J connectivity index is 0.000000154. The molecular formula is C46H30F2N8O4. The third-order valence-corrected chi connectivity index (χ3v) is 10.3. The minimum absolute atomic E-state index is 0.131. The normalized spacial score (nSPS) is 11.9. The number of nitriles is 1. The van der Waals surface area contributed by atoms with Gasteiger partial charge in [-0.25, -0.2) is 18.7 Å². The van der Waals surface area contributed by atoms with Crippen LogP contribution in [0.5, 0.6) is 11.5 Å². The van der Waals surface area contributed by atoms with Crippen LogP contribution in [0, 0.1) is 36.8 Å². The summed E-state index contributed by atoms with van der Waals surface area (Å²) in [7, 11) is 0. The monoisotopic (exact) mass is 796 g/mol. The lowest BCUT2D eigenvalue weighted by molar-refractivity contribution is 0.292. The highest BCUT2D eigenvalue weighted by Crippen LogP contribution is 2.39. The molecule has 10 rings (SSSR count). The second-order valence-corrected chi connectivity index (χ2v) is 13.8. The molecule has 12 nitrogen and oxygen atoms in total. The predicted molar refractivity (Wildman–Crippen MR) is 218 cm³/mol. The second kappa shape index (κ2) is 15.3. The summed E-state index contributed by atoms with van der Waals surface area (Å²) >= 11 is 0. The van der Waals surface area contributed by atoms with E-state index in [0.717, 1.165) is 5.56 Å². The molecule has 0 bridgehead atoms. The predicted octanol–water partition coefficient (Wildman–Crippen LogP) is 7.87. The van der Waals surface area contributed by atoms with Gasteiger partial charge in [0.05, 0.1) is 46.9 Å². The average molecular weight is 797 g/mol. The van der Waals surface area contributed by atoms with Crippen molar-refractivity contribution in [3.05, 3.63) is 183 Å². The fraction of sp³-hybridized carbons (Fsp3) is 0.0870. The minimum Gasteiger partial charge on any atom is -0.485 e. The zero-order valence-corrected chi connectivity index (χ0v) is 31.9. The van der Waals surface area contributed by atoms with Gasteiger partial charge >= 0.3 is 0 Å². The molecule has 0 amide bonds. The highest BCUT2D eigenvalue weighted by atomic mass is 19.1. The lowest BCUT2D eigenvalue weighted by Gasteiger charge is -2.24. The van der Waals surface area contributed by atoms with E-state index < -0.39 is 11.4 Å². The lowest BCUT2D eigenvalue weighted by atomic mass is 9.96. The second-order valence-electron chi connectivity index (χ2n) is 13.8. The fourth-order valence-corrected chi connectivity index (χ4v) is 7.39. The fourth-order valence-electron chi connectivity index (χ4n) is 7.39. The van der Waals surface area contributed by atoms with Gasteiger partial charge in [-0.1, -0.05) is 24.3 Å². The Labute approximate surface area is 340 Å². The number of rotatable bonds is 4. The first kappa shape index (κ1) is 37.4. The quantitative estimate of drug-likeness (QED) is 0.172. The molecule has 0 unspecified atom stereocenters. The van der Waals surface area contributed by atoms with Crippen molar-refractivity contribution in [1.29, 1.82) is 5.26 Å². The Bertz CT molecular complexity index is 3160. The molecule has 0 spiro atoms. The minimum atomic E-state index is -0.691. The van der Waals surface area contributed by atoms with Gasteiger partial charge in [0.1, 0.15) is 59.6 Å². The largest absolute Gasteiger partial charge is 0.485 e. The number of pyridine rings is 5. The van der Waals surface area contributed by atoms with Crippen LogP contribution in [0.4, 0.5) is 8.78 Å². The van der Waals surface area contributed by atoms with Crippen molar-refractivity contribution in [2.75, 3.05) is 0 Å². The Hall–Kier alpha value is -8.18. The zero-order valence-electron chi connectivity index (χ0n) is 31.9. The first-order valence-electron chi connectivity index (χ1n) is 18.6. The van der Waals surface area contributed by atoms with E-state index in [2.05, 4.69) is 24.9 Å². The van der Waals surface area contributed by atoms with E-state index in [4.69, 9.17) is 9.47 Å². The van der Waals surface area contributed by atoms with E-state index in [-0.39, 0.29) is 41.3 Å². The number of benzene rings is 2. The van der Waals surface area contributed by atoms with Gasteiger partial charge in [-0.05, 0) is 85.6 Å². The summed E-state index contributed by atoms with van der Waals surface area (Å²) in [4.78, 5) is 48.6. The van der Waals surface area contributed by atoms with Gasteiger partial charge in [0, 0.05) is 46.4 Å². The molecule has 2 aromatic carbocycles. The number of aromatic nitrogens is 7. The van der Waals surface area contributed by atoms with E-state index in [0.29, 0.717) is 73.7 Å². The molecule has 0 saturated heterocycles. The first-order valence-corrected chi connectivity index (χ1v) is 18.6. The van der Waals surface area contributed by atoms with Crippen LogP contribution < -0.4 is 20.6 Å². The van der Waals surface area contributed by atoms with Crippen LogP contribution in [0.15, 0.2) is 132 Å². The Morgan fingerprint density at radius 3 is 1.73 bits per heavy atom. The van der Waals surface area contributed by atoms with Gasteiger partial charge in [-0.15, -0.1) is 0 Å². The third-order valence-electron chi connectivity index (χ3n) is 10.3. The van der Waals surface area contributed by atoms with Crippen molar-refractivity contribution in [2.45, 2.75) is 27.1 Å². The number of ether oxygens (including phenoxy) is 2. The molecule has 6 aromatic heterocycles. The van der Waals surface area contributed by atoms with Crippen molar-refractivity contribution < 1.29 is 18.3 Å². The standard InChI is InChI=1S/C23H14FN5O2.C23H16FN3O2/c1-13-27-10-14(11-28-13)29-20-12-31-21-6-3-7-26-22(21)17(20)8-16(23(29)30)15-4-2-5-19(24)18(15)9-25;1-14-16(6-2-7-19(14)24)17-11-18-20(13-29-21-8-4-10-26-22(18)21)27(23(17)28)15-5-3-9-25-12-15/h2-8,10-11H,12H2,1H3;2-12H,13H2,1H3. The van der Waals surface area contributed by atoms with Gasteiger partial charge in [0.2, 0.25) is 0 Å². The maximum Gasteiger partial charge on any atom is 0.263 e. The molecule has 2 aliphatic rings. The first-order chi connectivity index (χ1) is 29.2. The number of nitrogens with zero attached hydrogens (tertiary/aromatic N) is 8. The molecule has 292 valence electrons. The molecule has 60 heavy (non-hydrogen) atoms. The summed E-state index contributed by atoms with van der Waals surface area (Å²) in [6, 6.07) is 25.1. The van der Waals surface area contributed by atoms with Crippen LogP contribution >= 0.6 is 0 Å². The van der Waals surface area contributed by atoms with Gasteiger partial charge in [0.25, 0.3) is 11.1 Å². The highest BCUT2D eigenvalue weighted by Gasteiger charge is 2.28. The molecule has 8 heterocycles. The molecule has 2 aliphatic heterocycles. The molecule has 14 heteroatoms. The summed E-state index contributed by atoms with van der Waals surface area (Å²) in [5, 5.41) is 9.51. The van der Waals surface area contributed by atoms with E-state index in [1.165, 1.54) is 22.8 Å². The summed E-state index contributed by atoms with van der Waals surface area (Å²) < 4.78 is 43.3.